The first kappa shape index (κ1) is 37.4. The average molecular weight is 516 g/mol. The Kier molecular flexibility index (Phi) is 32.6. The van der Waals surface area contributed by atoms with E-state index in [2.05, 4.69) is 27.7 Å². The molecule has 0 spiro atoms. The monoisotopic (exact) mass is 516 g/mol. The first-order valence-corrected chi connectivity index (χ1v) is 16.6. The molecule has 0 aliphatic heterocycles. The number of unbranched alkanes of at least 4 members (excludes halogenated alkanes) is 21. The van der Waals surface area contributed by atoms with E-state index in [-0.39, 0.29) is 12.4 Å². The number of quaternary nitrogens is 1. The van der Waals surface area contributed by atoms with E-state index < -0.39 is 0 Å². The van der Waals surface area contributed by atoms with Gasteiger partial charge in [0, 0.05) is 0 Å². The summed E-state index contributed by atoms with van der Waals surface area (Å²) >= 11 is 0. The van der Waals surface area contributed by atoms with Gasteiger partial charge in [0.05, 0.1) is 26.2 Å². The van der Waals surface area contributed by atoms with Crippen LogP contribution in [0.4, 0.5) is 0 Å². The predicted molar refractivity (Wildman–Crippen MR) is 158 cm³/mol. The third kappa shape index (κ3) is 25.7. The quantitative estimate of drug-likeness (QED) is 0.0690. The molecule has 0 aromatic heterocycles. The fourth-order valence-corrected chi connectivity index (χ4v) is 5.76. The van der Waals surface area contributed by atoms with E-state index in [1.54, 1.807) is 0 Å². The SMILES string of the molecule is CCCCCCCCCCCC[N+](CCCCCCC)(CCCCCCC)CCCCCCC.[Cl-]. The van der Waals surface area contributed by atoms with Gasteiger partial charge in [-0.3, -0.25) is 0 Å². The van der Waals surface area contributed by atoms with Gasteiger partial charge in [-0.25, -0.2) is 0 Å². The Morgan fingerprint density at radius 2 is 0.429 bits per heavy atom. The summed E-state index contributed by atoms with van der Waals surface area (Å²) in [6, 6.07) is 0. The van der Waals surface area contributed by atoms with Crippen LogP contribution in [0.3, 0.4) is 0 Å². The summed E-state index contributed by atoms with van der Waals surface area (Å²) in [5, 5.41) is 0. The Bertz CT molecular complexity index is 334. The maximum Gasteiger partial charge on any atom is 0.0786 e. The zero-order valence-corrected chi connectivity index (χ0v) is 26.1. The van der Waals surface area contributed by atoms with Crippen LogP contribution >= 0.6 is 0 Å². The zero-order valence-electron chi connectivity index (χ0n) is 25.3. The summed E-state index contributed by atoms with van der Waals surface area (Å²) in [4.78, 5) is 0. The smallest absolute Gasteiger partial charge is 0.0786 e. The predicted octanol–water partition coefficient (Wildman–Crippen LogP) is 8.64. The van der Waals surface area contributed by atoms with Crippen LogP contribution in [0.5, 0.6) is 0 Å². The van der Waals surface area contributed by atoms with Crippen molar-refractivity contribution in [1.29, 1.82) is 0 Å². The molecule has 2 heteroatoms. The minimum Gasteiger partial charge on any atom is -1.00 e. The van der Waals surface area contributed by atoms with Crippen LogP contribution in [0.1, 0.15) is 188 Å². The molecule has 0 saturated heterocycles. The van der Waals surface area contributed by atoms with Crippen LogP contribution < -0.4 is 12.4 Å². The molecule has 0 saturated carbocycles. The largest absolute Gasteiger partial charge is 1.00 e. The second kappa shape index (κ2) is 30.5. The van der Waals surface area contributed by atoms with Gasteiger partial charge in [-0.1, -0.05) is 137 Å². The van der Waals surface area contributed by atoms with Crippen LogP contribution in [0.15, 0.2) is 0 Å². The fraction of sp³-hybridized carbons (Fsp3) is 1.00. The molecule has 0 bridgehead atoms. The normalized spacial score (nSPS) is 11.7. The highest BCUT2D eigenvalue weighted by atomic mass is 35.5. The molecule has 0 aliphatic rings. The third-order valence-corrected chi connectivity index (χ3v) is 8.19. The van der Waals surface area contributed by atoms with Crippen molar-refractivity contribution >= 4 is 0 Å². The summed E-state index contributed by atoms with van der Waals surface area (Å²) < 4.78 is 1.47. The van der Waals surface area contributed by atoms with Crippen molar-refractivity contribution in [3.63, 3.8) is 0 Å². The van der Waals surface area contributed by atoms with Gasteiger partial charge < -0.3 is 16.9 Å². The molecule has 35 heavy (non-hydrogen) atoms. The van der Waals surface area contributed by atoms with Crippen LogP contribution in [0, 0.1) is 0 Å². The summed E-state index contributed by atoms with van der Waals surface area (Å²) in [7, 11) is 0. The van der Waals surface area contributed by atoms with E-state index in [0.29, 0.717) is 0 Å². The minimum absolute atomic E-state index is 0. The van der Waals surface area contributed by atoms with E-state index in [4.69, 9.17) is 0 Å². The molecule has 0 amide bonds. The zero-order chi connectivity index (χ0) is 25.0. The molecule has 0 atom stereocenters. The molecule has 0 aromatic rings. The standard InChI is InChI=1S/C33H70N.ClH/c1-5-9-13-17-18-19-20-21-25-29-33-34(30-26-22-14-10-6-2,31-27-23-15-11-7-3)32-28-24-16-12-8-4;/h5-33H2,1-4H3;1H/q+1;/p-1. The van der Waals surface area contributed by atoms with Gasteiger partial charge in [-0.05, 0) is 51.4 Å². The van der Waals surface area contributed by atoms with Gasteiger partial charge in [0.2, 0.25) is 0 Å². The molecule has 0 fully saturated rings. The van der Waals surface area contributed by atoms with Crippen molar-refractivity contribution in [2.75, 3.05) is 26.2 Å². The van der Waals surface area contributed by atoms with Crippen molar-refractivity contribution in [1.82, 2.24) is 0 Å². The lowest BCUT2D eigenvalue weighted by atomic mass is 10.0. The van der Waals surface area contributed by atoms with Gasteiger partial charge in [-0.2, -0.15) is 0 Å². The Morgan fingerprint density at radius 1 is 0.257 bits per heavy atom. The van der Waals surface area contributed by atoms with E-state index in [0.717, 1.165) is 0 Å². The molecule has 0 radical (unpaired) electrons. The topological polar surface area (TPSA) is 0 Å². The van der Waals surface area contributed by atoms with E-state index in [1.165, 1.54) is 191 Å². The van der Waals surface area contributed by atoms with Crippen molar-refractivity contribution in [2.45, 2.75) is 188 Å². The lowest BCUT2D eigenvalue weighted by molar-refractivity contribution is -0.929. The van der Waals surface area contributed by atoms with Gasteiger partial charge in [0.1, 0.15) is 0 Å². The minimum atomic E-state index is 0. The first-order chi connectivity index (χ1) is 16.7. The van der Waals surface area contributed by atoms with Crippen molar-refractivity contribution in [3.8, 4) is 0 Å². The summed E-state index contributed by atoms with van der Waals surface area (Å²) in [5.41, 5.74) is 0. The number of hydrogen-bond acceptors (Lipinski definition) is 0. The van der Waals surface area contributed by atoms with Gasteiger partial charge in [-0.15, -0.1) is 0 Å². The summed E-state index contributed by atoms with van der Waals surface area (Å²) in [5.74, 6) is 0. The summed E-state index contributed by atoms with van der Waals surface area (Å²) in [6.07, 6.45) is 36.3. The molecule has 0 aromatic carbocycles. The van der Waals surface area contributed by atoms with E-state index in [9.17, 15) is 0 Å². The van der Waals surface area contributed by atoms with E-state index in [1.807, 2.05) is 0 Å². The molecular weight excluding hydrogens is 446 g/mol. The third-order valence-electron chi connectivity index (χ3n) is 8.19. The van der Waals surface area contributed by atoms with Crippen LogP contribution in [-0.2, 0) is 0 Å². The van der Waals surface area contributed by atoms with E-state index >= 15 is 0 Å². The van der Waals surface area contributed by atoms with Crippen LogP contribution in [0.25, 0.3) is 0 Å². The molecule has 0 rings (SSSR count). The molecule has 214 valence electrons. The van der Waals surface area contributed by atoms with Crippen LogP contribution in [0.2, 0.25) is 0 Å². The first-order valence-electron chi connectivity index (χ1n) is 16.6. The molecule has 0 heterocycles. The highest BCUT2D eigenvalue weighted by Crippen LogP contribution is 2.20. The number of halogens is 1. The van der Waals surface area contributed by atoms with Gasteiger partial charge in [0.25, 0.3) is 0 Å². The Balaban J connectivity index is 0. The number of rotatable bonds is 29. The highest BCUT2D eigenvalue weighted by Gasteiger charge is 2.25. The molecular formula is C33H70ClN. The summed E-state index contributed by atoms with van der Waals surface area (Å²) in [6.45, 7) is 15.3. The maximum absolute atomic E-state index is 2.35. The Morgan fingerprint density at radius 3 is 0.629 bits per heavy atom. The second-order valence-corrected chi connectivity index (χ2v) is 11.7. The van der Waals surface area contributed by atoms with Crippen molar-refractivity contribution < 1.29 is 16.9 Å². The number of hydrogen-bond donors (Lipinski definition) is 0. The Hall–Kier alpha value is 0.250. The number of nitrogens with zero attached hydrogens (tertiary/aromatic N) is 1. The van der Waals surface area contributed by atoms with Gasteiger partial charge >= 0.3 is 0 Å². The maximum atomic E-state index is 2.35. The molecule has 0 unspecified atom stereocenters. The van der Waals surface area contributed by atoms with Crippen molar-refractivity contribution in [2.24, 2.45) is 0 Å². The van der Waals surface area contributed by atoms with Gasteiger partial charge in [0.15, 0.2) is 0 Å². The molecule has 0 aliphatic carbocycles. The lowest BCUT2D eigenvalue weighted by Gasteiger charge is -2.40. The lowest BCUT2D eigenvalue weighted by Crippen LogP contribution is -3.00. The Labute approximate surface area is 231 Å². The second-order valence-electron chi connectivity index (χ2n) is 11.7. The molecule has 0 N–H and O–H groups in total. The fourth-order valence-electron chi connectivity index (χ4n) is 5.76. The molecule has 1 nitrogen and oxygen atoms in total. The van der Waals surface area contributed by atoms with Crippen molar-refractivity contribution in [3.05, 3.63) is 0 Å². The average Bonchev–Trinajstić information content (AvgIpc) is 2.84. The highest BCUT2D eigenvalue weighted by molar-refractivity contribution is 4.55. The van der Waals surface area contributed by atoms with Crippen LogP contribution in [-0.4, -0.2) is 30.7 Å².